The van der Waals surface area contributed by atoms with Crippen LogP contribution < -0.4 is 20.3 Å². The number of nitrogens with one attached hydrogen (secondary N) is 2. The Labute approximate surface area is 211 Å². The normalized spacial score (nSPS) is 18.7. The molecule has 1 aliphatic heterocycles. The molecule has 0 radical (unpaired) electrons. The molecule has 0 aromatic heterocycles. The fourth-order valence-electron chi connectivity index (χ4n) is 5.02. The highest BCUT2D eigenvalue weighted by molar-refractivity contribution is 7.80. The predicted octanol–water partition coefficient (Wildman–Crippen LogP) is 6.71. The van der Waals surface area contributed by atoms with Gasteiger partial charge in [-0.15, -0.1) is 0 Å². The van der Waals surface area contributed by atoms with Crippen molar-refractivity contribution in [3.8, 4) is 5.75 Å². The smallest absolute Gasteiger partial charge is 0.178 e. The number of thiocarbonyl (C=S) groups is 1. The van der Waals surface area contributed by atoms with Crippen LogP contribution in [0.1, 0.15) is 38.3 Å². The van der Waals surface area contributed by atoms with Gasteiger partial charge >= 0.3 is 0 Å². The molecular formula is C29H29N3O2S. The van der Waals surface area contributed by atoms with Crippen LogP contribution in [0.5, 0.6) is 5.75 Å². The zero-order chi connectivity index (χ0) is 24.6. The Kier molecular flexibility index (Phi) is 6.07. The highest BCUT2D eigenvalue weighted by atomic mass is 32.1. The number of carbonyl (C=O) groups excluding carboxylic acids is 1. The zero-order valence-electron chi connectivity index (χ0n) is 20.2. The van der Waals surface area contributed by atoms with E-state index in [1.807, 2.05) is 78.9 Å². The van der Waals surface area contributed by atoms with Crippen molar-refractivity contribution in [3.63, 3.8) is 0 Å². The summed E-state index contributed by atoms with van der Waals surface area (Å²) >= 11 is 6.02. The summed E-state index contributed by atoms with van der Waals surface area (Å²) in [6.45, 7) is 4.30. The molecule has 1 aliphatic carbocycles. The van der Waals surface area contributed by atoms with Crippen molar-refractivity contribution in [1.82, 2.24) is 0 Å². The molecule has 2 N–H and O–H groups in total. The van der Waals surface area contributed by atoms with Crippen LogP contribution in [-0.2, 0) is 4.79 Å². The highest BCUT2D eigenvalue weighted by Gasteiger charge is 2.42. The number of benzene rings is 3. The van der Waals surface area contributed by atoms with Gasteiger partial charge in [-0.1, -0.05) is 56.3 Å². The Bertz CT molecular complexity index is 1300. The molecule has 0 amide bonds. The number of nitrogens with zero attached hydrogens (tertiary/aromatic N) is 1. The molecule has 6 heteroatoms. The van der Waals surface area contributed by atoms with E-state index in [4.69, 9.17) is 17.0 Å². The third kappa shape index (κ3) is 4.54. The number of methoxy groups -OCH3 is 1. The Hall–Kier alpha value is -3.64. The number of ketones is 1. The topological polar surface area (TPSA) is 53.6 Å². The maximum absolute atomic E-state index is 13.8. The van der Waals surface area contributed by atoms with E-state index in [0.29, 0.717) is 11.5 Å². The number of carbonyl (C=O) groups is 1. The number of Topliss-reactive ketones (excluding diaryl/α,β-unsaturated/α-hetero) is 1. The van der Waals surface area contributed by atoms with Crippen molar-refractivity contribution in [3.05, 3.63) is 95.7 Å². The molecule has 1 atom stereocenters. The lowest BCUT2D eigenvalue weighted by Gasteiger charge is -2.38. The van der Waals surface area contributed by atoms with Gasteiger partial charge in [-0.05, 0) is 66.0 Å². The molecule has 0 spiro atoms. The van der Waals surface area contributed by atoms with Gasteiger partial charge in [0.2, 0.25) is 0 Å². The number of para-hydroxylation sites is 3. The minimum absolute atomic E-state index is 0.125. The third-order valence-corrected chi connectivity index (χ3v) is 6.87. The van der Waals surface area contributed by atoms with E-state index in [-0.39, 0.29) is 17.2 Å². The molecule has 0 saturated heterocycles. The first-order chi connectivity index (χ1) is 16.9. The highest BCUT2D eigenvalue weighted by Crippen LogP contribution is 2.48. The standard InChI is InChI=1S/C29H29N3O2S/c1-29(2)17-23-26(25(33)18-29)27(19-13-15-21(34-3)16-14-19)32(24-12-8-7-11-22(24)31-23)28(35)30-20-9-5-4-6-10-20/h4-16,27,31H,17-18H2,1-3H3,(H,30,35)/t27-/m0/s1. The summed E-state index contributed by atoms with van der Waals surface area (Å²) in [4.78, 5) is 15.8. The van der Waals surface area contributed by atoms with E-state index in [2.05, 4.69) is 29.4 Å². The van der Waals surface area contributed by atoms with Crippen LogP contribution >= 0.6 is 12.2 Å². The first kappa shape index (κ1) is 23.1. The van der Waals surface area contributed by atoms with Gasteiger partial charge in [0, 0.05) is 23.4 Å². The lowest BCUT2D eigenvalue weighted by molar-refractivity contribution is -0.118. The van der Waals surface area contributed by atoms with Crippen molar-refractivity contribution in [2.45, 2.75) is 32.7 Å². The molecule has 0 saturated carbocycles. The van der Waals surface area contributed by atoms with E-state index in [1.165, 1.54) is 0 Å². The fraction of sp³-hybridized carbons (Fsp3) is 0.241. The van der Waals surface area contributed by atoms with Crippen LogP contribution in [0.3, 0.4) is 0 Å². The van der Waals surface area contributed by atoms with Crippen molar-refractivity contribution in [2.24, 2.45) is 5.41 Å². The van der Waals surface area contributed by atoms with Crippen LogP contribution in [0, 0.1) is 5.41 Å². The minimum Gasteiger partial charge on any atom is -0.497 e. The van der Waals surface area contributed by atoms with Crippen LogP contribution in [-0.4, -0.2) is 18.0 Å². The first-order valence-corrected chi connectivity index (χ1v) is 12.2. The number of allylic oxidation sites excluding steroid dienone is 1. The quantitative estimate of drug-likeness (QED) is 0.404. The van der Waals surface area contributed by atoms with E-state index in [9.17, 15) is 4.79 Å². The van der Waals surface area contributed by atoms with Gasteiger partial charge in [-0.3, -0.25) is 4.79 Å². The number of hydrogen-bond acceptors (Lipinski definition) is 4. The van der Waals surface area contributed by atoms with Gasteiger partial charge in [0.25, 0.3) is 0 Å². The zero-order valence-corrected chi connectivity index (χ0v) is 21.0. The molecule has 3 aromatic rings. The van der Waals surface area contributed by atoms with Crippen molar-refractivity contribution < 1.29 is 9.53 Å². The largest absolute Gasteiger partial charge is 0.497 e. The van der Waals surface area contributed by atoms with Crippen LogP contribution in [0.2, 0.25) is 0 Å². The molecule has 178 valence electrons. The van der Waals surface area contributed by atoms with Crippen molar-refractivity contribution >= 4 is 40.2 Å². The van der Waals surface area contributed by atoms with Crippen molar-refractivity contribution in [2.75, 3.05) is 22.6 Å². The summed E-state index contributed by atoms with van der Waals surface area (Å²) < 4.78 is 5.40. The maximum atomic E-state index is 13.8. The summed E-state index contributed by atoms with van der Waals surface area (Å²) in [7, 11) is 1.65. The lowest BCUT2D eigenvalue weighted by atomic mass is 9.73. The van der Waals surface area contributed by atoms with Gasteiger partial charge < -0.3 is 20.3 Å². The summed E-state index contributed by atoms with van der Waals surface area (Å²) in [6.07, 6.45) is 1.27. The molecular weight excluding hydrogens is 454 g/mol. The minimum atomic E-state index is -0.389. The second kappa shape index (κ2) is 9.19. The van der Waals surface area contributed by atoms with Crippen LogP contribution in [0.25, 0.3) is 0 Å². The fourth-order valence-corrected chi connectivity index (χ4v) is 5.34. The van der Waals surface area contributed by atoms with Gasteiger partial charge in [-0.25, -0.2) is 0 Å². The van der Waals surface area contributed by atoms with E-state index < -0.39 is 0 Å². The Morgan fingerprint density at radius 1 is 1.00 bits per heavy atom. The second-order valence-electron chi connectivity index (χ2n) is 9.82. The van der Waals surface area contributed by atoms with Gasteiger partial charge in [0.15, 0.2) is 10.9 Å². The lowest BCUT2D eigenvalue weighted by Crippen LogP contribution is -2.41. The van der Waals surface area contributed by atoms with E-state index in [0.717, 1.165) is 46.1 Å². The second-order valence-corrected chi connectivity index (χ2v) is 10.2. The van der Waals surface area contributed by atoms with Gasteiger partial charge in [-0.2, -0.15) is 0 Å². The first-order valence-electron chi connectivity index (χ1n) is 11.8. The summed E-state index contributed by atoms with van der Waals surface area (Å²) in [5.74, 6) is 0.910. The van der Waals surface area contributed by atoms with E-state index >= 15 is 0 Å². The molecule has 0 bridgehead atoms. The maximum Gasteiger partial charge on any atom is 0.178 e. The average molecular weight is 484 g/mol. The Balaban J connectivity index is 1.71. The molecule has 5 rings (SSSR count). The molecule has 0 unspecified atom stereocenters. The SMILES string of the molecule is COc1ccc([C@H]2C3=C(CC(C)(C)CC3=O)Nc3ccccc3N2C(=S)Nc2ccccc2)cc1. The van der Waals surface area contributed by atoms with Crippen LogP contribution in [0.15, 0.2) is 90.1 Å². The number of hydrogen-bond donors (Lipinski definition) is 2. The molecule has 2 aliphatic rings. The monoisotopic (exact) mass is 483 g/mol. The van der Waals surface area contributed by atoms with Crippen molar-refractivity contribution in [1.29, 1.82) is 0 Å². The molecule has 1 heterocycles. The average Bonchev–Trinajstić information content (AvgIpc) is 2.98. The number of rotatable bonds is 3. The third-order valence-electron chi connectivity index (χ3n) is 6.58. The van der Waals surface area contributed by atoms with Gasteiger partial charge in [0.1, 0.15) is 5.75 Å². The van der Waals surface area contributed by atoms with Gasteiger partial charge in [0.05, 0.1) is 24.5 Å². The predicted molar refractivity (Wildman–Crippen MR) is 146 cm³/mol. The van der Waals surface area contributed by atoms with Crippen LogP contribution in [0.4, 0.5) is 17.1 Å². The molecule has 3 aromatic carbocycles. The molecule has 0 fully saturated rings. The summed E-state index contributed by atoms with van der Waals surface area (Å²) in [5, 5.41) is 7.55. The summed E-state index contributed by atoms with van der Waals surface area (Å²) in [5.41, 5.74) is 5.32. The molecule has 5 nitrogen and oxygen atoms in total. The number of ether oxygens (including phenoxy) is 1. The summed E-state index contributed by atoms with van der Waals surface area (Å²) in [6, 6.07) is 25.5. The Morgan fingerprint density at radius 3 is 2.40 bits per heavy atom. The molecule has 35 heavy (non-hydrogen) atoms. The Morgan fingerprint density at radius 2 is 1.69 bits per heavy atom. The van der Waals surface area contributed by atoms with E-state index in [1.54, 1.807) is 7.11 Å². The number of anilines is 3. The number of fused-ring (bicyclic) bond motifs is 1.